The standard InChI is InChI=1S/C12H14N6S/c1-8(2)11-16-12(19-17-11)14-7-9-3-5-13-10-4-6-15-18(9)10/h3-6,8H,7H2,1-2H3,(H,14,16,17). The number of nitrogens with zero attached hydrogens (tertiary/aromatic N) is 5. The fourth-order valence-electron chi connectivity index (χ4n) is 1.73. The van der Waals surface area contributed by atoms with Gasteiger partial charge in [0, 0.05) is 29.7 Å². The van der Waals surface area contributed by atoms with Gasteiger partial charge in [-0.05, 0) is 6.07 Å². The molecule has 0 fully saturated rings. The first-order chi connectivity index (χ1) is 9.24. The molecule has 3 aromatic rings. The van der Waals surface area contributed by atoms with E-state index in [-0.39, 0.29) is 0 Å². The maximum atomic E-state index is 4.44. The molecule has 0 bridgehead atoms. The highest BCUT2D eigenvalue weighted by Crippen LogP contribution is 2.18. The van der Waals surface area contributed by atoms with Crippen molar-refractivity contribution in [2.75, 3.05) is 5.32 Å². The van der Waals surface area contributed by atoms with Gasteiger partial charge in [0.25, 0.3) is 0 Å². The third kappa shape index (κ3) is 2.41. The van der Waals surface area contributed by atoms with E-state index in [1.807, 2.05) is 16.6 Å². The molecule has 0 amide bonds. The number of hydrogen-bond donors (Lipinski definition) is 1. The molecule has 19 heavy (non-hydrogen) atoms. The van der Waals surface area contributed by atoms with E-state index < -0.39 is 0 Å². The van der Waals surface area contributed by atoms with Crippen molar-refractivity contribution in [3.63, 3.8) is 0 Å². The Morgan fingerprint density at radius 2 is 2.21 bits per heavy atom. The second kappa shape index (κ2) is 4.93. The summed E-state index contributed by atoms with van der Waals surface area (Å²) in [5, 5.41) is 8.35. The minimum absolute atomic E-state index is 0.352. The van der Waals surface area contributed by atoms with Crippen LogP contribution in [0.15, 0.2) is 24.5 Å². The van der Waals surface area contributed by atoms with Crippen LogP contribution in [-0.4, -0.2) is 24.0 Å². The smallest absolute Gasteiger partial charge is 0.202 e. The Bertz CT molecular complexity index is 686. The van der Waals surface area contributed by atoms with Gasteiger partial charge in [0.2, 0.25) is 5.13 Å². The first kappa shape index (κ1) is 12.0. The molecule has 6 nitrogen and oxygen atoms in total. The van der Waals surface area contributed by atoms with Crippen molar-refractivity contribution in [2.24, 2.45) is 0 Å². The summed E-state index contributed by atoms with van der Waals surface area (Å²) in [6.45, 7) is 4.82. The SMILES string of the molecule is CC(C)c1nsc(NCc2ccnc3ccnn23)n1. The van der Waals surface area contributed by atoms with Gasteiger partial charge in [0.15, 0.2) is 5.65 Å². The van der Waals surface area contributed by atoms with Crippen LogP contribution in [0.1, 0.15) is 31.3 Å². The van der Waals surface area contributed by atoms with Gasteiger partial charge in [-0.1, -0.05) is 13.8 Å². The normalized spacial score (nSPS) is 11.3. The number of hydrogen-bond acceptors (Lipinski definition) is 6. The van der Waals surface area contributed by atoms with Crippen LogP contribution in [0.4, 0.5) is 5.13 Å². The minimum Gasteiger partial charge on any atom is -0.355 e. The molecule has 0 saturated heterocycles. The van der Waals surface area contributed by atoms with E-state index in [0.29, 0.717) is 12.5 Å². The second-order valence-electron chi connectivity index (χ2n) is 4.50. The summed E-state index contributed by atoms with van der Waals surface area (Å²) in [4.78, 5) is 8.68. The number of rotatable bonds is 4. The number of fused-ring (bicyclic) bond motifs is 1. The Labute approximate surface area is 114 Å². The third-order valence-corrected chi connectivity index (χ3v) is 3.43. The average Bonchev–Trinajstić information content (AvgIpc) is 3.05. The molecule has 0 unspecified atom stereocenters. The highest BCUT2D eigenvalue weighted by molar-refractivity contribution is 7.09. The van der Waals surface area contributed by atoms with Crippen LogP contribution >= 0.6 is 11.5 Å². The van der Waals surface area contributed by atoms with Crippen LogP contribution in [0.2, 0.25) is 0 Å². The predicted octanol–water partition coefficient (Wildman–Crippen LogP) is 2.32. The zero-order valence-corrected chi connectivity index (χ0v) is 11.6. The predicted molar refractivity (Wildman–Crippen MR) is 74.3 cm³/mol. The zero-order valence-electron chi connectivity index (χ0n) is 10.7. The second-order valence-corrected chi connectivity index (χ2v) is 5.26. The lowest BCUT2D eigenvalue weighted by molar-refractivity contribution is 0.797. The summed E-state index contributed by atoms with van der Waals surface area (Å²) in [5.74, 6) is 1.23. The Morgan fingerprint density at radius 1 is 1.32 bits per heavy atom. The van der Waals surface area contributed by atoms with Crippen LogP contribution in [0, 0.1) is 0 Å². The Kier molecular flexibility index (Phi) is 3.12. The number of nitrogens with one attached hydrogen (secondary N) is 1. The summed E-state index contributed by atoms with van der Waals surface area (Å²) in [6, 6.07) is 3.82. The van der Waals surface area contributed by atoms with Crippen LogP contribution in [0.3, 0.4) is 0 Å². The molecule has 98 valence electrons. The largest absolute Gasteiger partial charge is 0.355 e. The van der Waals surface area contributed by atoms with Crippen molar-refractivity contribution in [3.8, 4) is 0 Å². The molecule has 1 N–H and O–H groups in total. The molecule has 3 heterocycles. The Hall–Kier alpha value is -2.02. The molecule has 0 spiro atoms. The van der Waals surface area contributed by atoms with Crippen molar-refractivity contribution in [2.45, 2.75) is 26.3 Å². The van der Waals surface area contributed by atoms with E-state index in [0.717, 1.165) is 22.3 Å². The quantitative estimate of drug-likeness (QED) is 0.790. The number of aromatic nitrogens is 5. The third-order valence-electron chi connectivity index (χ3n) is 2.75. The van der Waals surface area contributed by atoms with Crippen LogP contribution in [0.25, 0.3) is 5.65 Å². The first-order valence-corrected chi connectivity index (χ1v) is 6.86. The van der Waals surface area contributed by atoms with Crippen LogP contribution in [0.5, 0.6) is 0 Å². The fourth-order valence-corrected chi connectivity index (χ4v) is 2.43. The van der Waals surface area contributed by atoms with E-state index in [4.69, 9.17) is 0 Å². The van der Waals surface area contributed by atoms with Gasteiger partial charge in [-0.3, -0.25) is 0 Å². The van der Waals surface area contributed by atoms with Gasteiger partial charge in [-0.15, -0.1) is 0 Å². The Morgan fingerprint density at radius 3 is 3.00 bits per heavy atom. The first-order valence-electron chi connectivity index (χ1n) is 6.09. The molecule has 0 aromatic carbocycles. The van der Waals surface area contributed by atoms with E-state index in [9.17, 15) is 0 Å². The molecular formula is C12H14N6S. The maximum absolute atomic E-state index is 4.44. The molecule has 0 radical (unpaired) electrons. The van der Waals surface area contributed by atoms with Gasteiger partial charge in [0.05, 0.1) is 18.4 Å². The minimum atomic E-state index is 0.352. The summed E-state index contributed by atoms with van der Waals surface area (Å²) in [5.41, 5.74) is 1.88. The van der Waals surface area contributed by atoms with Crippen molar-refractivity contribution < 1.29 is 0 Å². The van der Waals surface area contributed by atoms with Crippen LogP contribution in [-0.2, 0) is 6.54 Å². The lowest BCUT2D eigenvalue weighted by Crippen LogP contribution is -2.06. The fraction of sp³-hybridized carbons (Fsp3) is 0.333. The molecule has 3 rings (SSSR count). The molecule has 0 saturated carbocycles. The zero-order chi connectivity index (χ0) is 13.2. The summed E-state index contributed by atoms with van der Waals surface area (Å²) >= 11 is 1.39. The molecule has 3 aromatic heterocycles. The highest BCUT2D eigenvalue weighted by atomic mass is 32.1. The average molecular weight is 274 g/mol. The number of anilines is 1. The lowest BCUT2D eigenvalue weighted by atomic mass is 10.2. The molecule has 7 heteroatoms. The molecule has 0 aliphatic heterocycles. The van der Waals surface area contributed by atoms with Gasteiger partial charge in [-0.2, -0.15) is 9.47 Å². The topological polar surface area (TPSA) is 68.0 Å². The molecular weight excluding hydrogens is 260 g/mol. The molecule has 0 aliphatic rings. The van der Waals surface area contributed by atoms with Gasteiger partial charge in [0.1, 0.15) is 5.82 Å². The highest BCUT2D eigenvalue weighted by Gasteiger charge is 2.08. The summed E-state index contributed by atoms with van der Waals surface area (Å²) < 4.78 is 6.13. The lowest BCUT2D eigenvalue weighted by Gasteiger charge is -2.04. The van der Waals surface area contributed by atoms with Gasteiger partial charge < -0.3 is 5.32 Å². The summed E-state index contributed by atoms with van der Waals surface area (Å²) in [6.07, 6.45) is 3.53. The van der Waals surface area contributed by atoms with Gasteiger partial charge in [-0.25, -0.2) is 14.5 Å². The monoisotopic (exact) mass is 274 g/mol. The van der Waals surface area contributed by atoms with Gasteiger partial charge >= 0.3 is 0 Å². The van der Waals surface area contributed by atoms with Crippen LogP contribution < -0.4 is 5.32 Å². The van der Waals surface area contributed by atoms with Crippen molar-refractivity contribution in [1.82, 2.24) is 24.0 Å². The van der Waals surface area contributed by atoms with Crippen molar-refractivity contribution in [1.29, 1.82) is 0 Å². The molecule has 0 atom stereocenters. The van der Waals surface area contributed by atoms with E-state index in [2.05, 4.69) is 38.6 Å². The van der Waals surface area contributed by atoms with Crippen molar-refractivity contribution >= 4 is 22.3 Å². The molecule has 0 aliphatic carbocycles. The summed E-state index contributed by atoms with van der Waals surface area (Å²) in [7, 11) is 0. The van der Waals surface area contributed by atoms with Crippen molar-refractivity contribution in [3.05, 3.63) is 36.0 Å². The Balaban J connectivity index is 1.76. The van der Waals surface area contributed by atoms with E-state index >= 15 is 0 Å². The maximum Gasteiger partial charge on any atom is 0.202 e. The van der Waals surface area contributed by atoms with E-state index in [1.165, 1.54) is 11.5 Å². The van der Waals surface area contributed by atoms with E-state index in [1.54, 1.807) is 12.4 Å².